The third-order valence-corrected chi connectivity index (χ3v) is 4.23. The number of halogens is 3. The molecule has 29 heavy (non-hydrogen) atoms. The standard InChI is InChI=1S/C19H21F3N6O/c1-3-10-28(2)17(29)12-4-6-13(7-5-12)25-18-26-15-14(8-9-23-15)16(27-18)24-11-19(20,21)22/h4-9H,3,10-11H2,1-2H3,(H3,23,24,25,26,27)/p+1. The molecule has 0 fully saturated rings. The van der Waals surface area contributed by atoms with Crippen molar-refractivity contribution in [1.29, 1.82) is 0 Å². The van der Waals surface area contributed by atoms with Crippen LogP contribution in [-0.4, -0.2) is 47.1 Å². The minimum absolute atomic E-state index is 0.0745. The Bertz CT molecular complexity index is 984. The lowest BCUT2D eigenvalue weighted by Crippen LogP contribution is -2.27. The van der Waals surface area contributed by atoms with E-state index in [1.54, 1.807) is 48.5 Å². The van der Waals surface area contributed by atoms with Crippen LogP contribution < -0.4 is 15.6 Å². The van der Waals surface area contributed by atoms with E-state index in [0.717, 1.165) is 6.42 Å². The average molecular weight is 407 g/mol. The largest absolute Gasteiger partial charge is 0.415 e. The summed E-state index contributed by atoms with van der Waals surface area (Å²) in [5.74, 6) is 0.380. The molecule has 0 unspecified atom stereocenters. The molecule has 7 nitrogen and oxygen atoms in total. The fourth-order valence-electron chi connectivity index (χ4n) is 2.86. The predicted octanol–water partition coefficient (Wildman–Crippen LogP) is 3.58. The number of carbonyl (C=O) groups excluding carboxylic acids is 1. The van der Waals surface area contributed by atoms with E-state index in [2.05, 4.69) is 25.6 Å². The molecule has 10 heteroatoms. The number of benzene rings is 1. The molecular formula is C19H22F3N6O+. The molecule has 0 aliphatic rings. The van der Waals surface area contributed by atoms with E-state index in [-0.39, 0.29) is 17.7 Å². The second kappa shape index (κ2) is 8.38. The van der Waals surface area contributed by atoms with E-state index in [4.69, 9.17) is 0 Å². The Hall–Kier alpha value is -3.30. The van der Waals surface area contributed by atoms with Crippen LogP contribution in [0.2, 0.25) is 0 Å². The lowest BCUT2D eigenvalue weighted by atomic mass is 10.2. The number of anilines is 3. The summed E-state index contributed by atoms with van der Waals surface area (Å²) >= 11 is 0. The third-order valence-electron chi connectivity index (χ3n) is 4.23. The van der Waals surface area contributed by atoms with E-state index in [9.17, 15) is 18.0 Å². The zero-order valence-electron chi connectivity index (χ0n) is 16.0. The molecule has 0 bridgehead atoms. The van der Waals surface area contributed by atoms with E-state index in [1.165, 1.54) is 0 Å². The maximum atomic E-state index is 12.6. The Morgan fingerprint density at radius 3 is 2.62 bits per heavy atom. The monoisotopic (exact) mass is 407 g/mol. The van der Waals surface area contributed by atoms with Gasteiger partial charge in [-0.25, -0.2) is 4.98 Å². The fourth-order valence-corrected chi connectivity index (χ4v) is 2.86. The van der Waals surface area contributed by atoms with Crippen molar-refractivity contribution in [2.75, 3.05) is 30.8 Å². The van der Waals surface area contributed by atoms with Gasteiger partial charge in [-0.1, -0.05) is 11.9 Å². The van der Waals surface area contributed by atoms with Gasteiger partial charge in [0.25, 0.3) is 5.91 Å². The first-order valence-corrected chi connectivity index (χ1v) is 9.10. The molecule has 0 atom stereocenters. The molecule has 0 spiro atoms. The van der Waals surface area contributed by atoms with Gasteiger partial charge in [0.15, 0.2) is 0 Å². The highest BCUT2D eigenvalue weighted by molar-refractivity contribution is 5.94. The molecule has 154 valence electrons. The summed E-state index contributed by atoms with van der Waals surface area (Å²) in [5, 5.41) is 5.88. The van der Waals surface area contributed by atoms with Crippen molar-refractivity contribution < 1.29 is 22.9 Å². The van der Waals surface area contributed by atoms with Gasteiger partial charge in [-0.2, -0.15) is 13.2 Å². The summed E-state index contributed by atoms with van der Waals surface area (Å²) in [4.78, 5) is 24.0. The van der Waals surface area contributed by atoms with Gasteiger partial charge in [-0.15, -0.1) is 0 Å². The smallest absolute Gasteiger partial charge is 0.342 e. The van der Waals surface area contributed by atoms with Gasteiger partial charge in [0.1, 0.15) is 6.54 Å². The van der Waals surface area contributed by atoms with Crippen molar-refractivity contribution >= 4 is 34.4 Å². The van der Waals surface area contributed by atoms with Crippen molar-refractivity contribution in [3.05, 3.63) is 42.1 Å². The van der Waals surface area contributed by atoms with Gasteiger partial charge in [0, 0.05) is 25.4 Å². The number of fused-ring (bicyclic) bond motifs is 1. The molecule has 0 radical (unpaired) electrons. The number of amides is 1. The van der Waals surface area contributed by atoms with Gasteiger partial charge in [0.2, 0.25) is 11.5 Å². The van der Waals surface area contributed by atoms with Crippen LogP contribution in [0.3, 0.4) is 0 Å². The number of H-pyrrole nitrogens is 2. The number of alkyl halides is 3. The van der Waals surface area contributed by atoms with Gasteiger partial charge in [-0.05, 0) is 36.8 Å². The van der Waals surface area contributed by atoms with Crippen molar-refractivity contribution in [2.24, 2.45) is 0 Å². The van der Waals surface area contributed by atoms with Crippen LogP contribution in [0.15, 0.2) is 36.5 Å². The highest BCUT2D eigenvalue weighted by atomic mass is 19.4. The van der Waals surface area contributed by atoms with Crippen LogP contribution in [0.25, 0.3) is 11.0 Å². The van der Waals surface area contributed by atoms with E-state index in [0.29, 0.717) is 28.8 Å². The van der Waals surface area contributed by atoms with E-state index >= 15 is 0 Å². The van der Waals surface area contributed by atoms with Gasteiger partial charge >= 0.3 is 12.1 Å². The Kier molecular flexibility index (Phi) is 5.90. The van der Waals surface area contributed by atoms with E-state index < -0.39 is 12.7 Å². The number of rotatable bonds is 7. The average Bonchev–Trinajstić information content (AvgIpc) is 3.14. The number of aromatic amines is 2. The van der Waals surface area contributed by atoms with Gasteiger partial charge < -0.3 is 15.2 Å². The number of nitrogens with zero attached hydrogens (tertiary/aromatic N) is 2. The first-order valence-electron chi connectivity index (χ1n) is 9.10. The Morgan fingerprint density at radius 1 is 1.24 bits per heavy atom. The van der Waals surface area contributed by atoms with Crippen LogP contribution in [0, 0.1) is 0 Å². The molecule has 3 rings (SSSR count). The number of hydrogen-bond donors (Lipinski definition) is 3. The number of carbonyl (C=O) groups is 1. The second-order valence-electron chi connectivity index (χ2n) is 6.60. The fraction of sp³-hybridized carbons (Fsp3) is 0.316. The molecule has 0 saturated carbocycles. The molecule has 4 N–H and O–H groups in total. The SMILES string of the molecule is CCCN(C)C(=O)c1ccc(Nc2nc3[nH]ccc3c(NCC(F)(F)F)[nH+]2)cc1. The van der Waals surface area contributed by atoms with Crippen LogP contribution in [0.1, 0.15) is 23.7 Å². The highest BCUT2D eigenvalue weighted by Crippen LogP contribution is 2.22. The van der Waals surface area contributed by atoms with Crippen molar-refractivity contribution in [2.45, 2.75) is 19.5 Å². The summed E-state index contributed by atoms with van der Waals surface area (Å²) < 4.78 is 37.7. The van der Waals surface area contributed by atoms with Gasteiger partial charge in [0.05, 0.1) is 11.1 Å². The molecular weight excluding hydrogens is 385 g/mol. The Balaban J connectivity index is 1.78. The van der Waals surface area contributed by atoms with Crippen molar-refractivity contribution in [3.63, 3.8) is 0 Å². The summed E-state index contributed by atoms with van der Waals surface area (Å²) in [7, 11) is 1.75. The Morgan fingerprint density at radius 2 is 1.97 bits per heavy atom. The van der Waals surface area contributed by atoms with Gasteiger partial charge in [-0.3, -0.25) is 10.1 Å². The van der Waals surface area contributed by atoms with Crippen molar-refractivity contribution in [3.8, 4) is 0 Å². The molecule has 3 aromatic rings. The Labute approximate surface area is 165 Å². The number of hydrogen-bond acceptors (Lipinski definition) is 4. The molecule has 0 aliphatic heterocycles. The summed E-state index contributed by atoms with van der Waals surface area (Å²) in [6.07, 6.45) is -1.88. The zero-order valence-corrected chi connectivity index (χ0v) is 16.0. The summed E-state index contributed by atoms with van der Waals surface area (Å²) in [6, 6.07) is 8.43. The first kappa shape index (κ1) is 20.4. The second-order valence-corrected chi connectivity index (χ2v) is 6.60. The molecule has 2 aromatic heterocycles. The molecule has 1 amide bonds. The topological polar surface area (TPSA) is 87.2 Å². The quantitative estimate of drug-likeness (QED) is 0.559. The maximum absolute atomic E-state index is 12.6. The van der Waals surface area contributed by atoms with Crippen LogP contribution in [0.4, 0.5) is 30.6 Å². The normalized spacial score (nSPS) is 11.5. The molecule has 0 saturated heterocycles. The third kappa shape index (κ3) is 5.15. The number of nitrogens with one attached hydrogen (secondary N) is 4. The lowest BCUT2D eigenvalue weighted by molar-refractivity contribution is -0.346. The lowest BCUT2D eigenvalue weighted by Gasteiger charge is -2.16. The molecule has 2 heterocycles. The van der Waals surface area contributed by atoms with Crippen molar-refractivity contribution in [1.82, 2.24) is 14.9 Å². The highest BCUT2D eigenvalue weighted by Gasteiger charge is 2.29. The van der Waals surface area contributed by atoms with Crippen LogP contribution >= 0.6 is 0 Å². The maximum Gasteiger partial charge on any atom is 0.415 e. The molecule has 1 aromatic carbocycles. The number of aromatic nitrogens is 3. The summed E-state index contributed by atoms with van der Waals surface area (Å²) in [5.41, 5.74) is 1.62. The van der Waals surface area contributed by atoms with E-state index in [1.807, 2.05) is 6.92 Å². The predicted molar refractivity (Wildman–Crippen MR) is 104 cm³/mol. The minimum Gasteiger partial charge on any atom is -0.342 e. The zero-order chi connectivity index (χ0) is 21.0. The minimum atomic E-state index is -4.35. The summed E-state index contributed by atoms with van der Waals surface area (Å²) in [6.45, 7) is 1.50. The first-order chi connectivity index (χ1) is 13.8. The van der Waals surface area contributed by atoms with Crippen LogP contribution in [0.5, 0.6) is 0 Å². The molecule has 0 aliphatic carbocycles. The van der Waals surface area contributed by atoms with Crippen LogP contribution in [-0.2, 0) is 0 Å².